The van der Waals surface area contributed by atoms with Gasteiger partial charge < -0.3 is 15.0 Å². The Balaban J connectivity index is 2.20. The van der Waals surface area contributed by atoms with Gasteiger partial charge in [0.25, 0.3) is 0 Å². The van der Waals surface area contributed by atoms with Crippen LogP contribution >= 0.6 is 11.6 Å². The van der Waals surface area contributed by atoms with Crippen LogP contribution in [-0.4, -0.2) is 32.8 Å². The predicted molar refractivity (Wildman–Crippen MR) is 86.1 cm³/mol. The second kappa shape index (κ2) is 6.23. The number of anilines is 1. The molecule has 0 amide bonds. The first-order chi connectivity index (χ1) is 9.41. The fourth-order valence-corrected chi connectivity index (χ4v) is 2.84. The van der Waals surface area contributed by atoms with Gasteiger partial charge in [0.2, 0.25) is 0 Å². The summed E-state index contributed by atoms with van der Waals surface area (Å²) in [4.78, 5) is 2.42. The third-order valence-electron chi connectivity index (χ3n) is 3.94. The maximum absolute atomic E-state index is 6.25. The Morgan fingerprint density at radius 1 is 1.35 bits per heavy atom. The molecule has 1 aromatic rings. The fourth-order valence-electron chi connectivity index (χ4n) is 2.59. The molecule has 1 aliphatic rings. The molecule has 1 atom stereocenters. The SMILES string of the molecule is COc1ccc(N2CCCNC(C(C)(C)C)C2)cc1Cl. The van der Waals surface area contributed by atoms with Gasteiger partial charge in [0, 0.05) is 24.8 Å². The van der Waals surface area contributed by atoms with Crippen molar-refractivity contribution >= 4 is 17.3 Å². The van der Waals surface area contributed by atoms with E-state index in [9.17, 15) is 0 Å². The lowest BCUT2D eigenvalue weighted by molar-refractivity contribution is 0.280. The molecule has 1 aliphatic heterocycles. The Kier molecular flexibility index (Phi) is 4.82. The smallest absolute Gasteiger partial charge is 0.137 e. The molecule has 1 unspecified atom stereocenters. The summed E-state index contributed by atoms with van der Waals surface area (Å²) in [7, 11) is 1.65. The van der Waals surface area contributed by atoms with Gasteiger partial charge in [-0.05, 0) is 36.6 Å². The van der Waals surface area contributed by atoms with Crippen LogP contribution < -0.4 is 15.0 Å². The van der Waals surface area contributed by atoms with Crippen LogP contribution in [0.25, 0.3) is 0 Å². The predicted octanol–water partition coefficient (Wildman–Crippen LogP) is 3.56. The van der Waals surface area contributed by atoms with Crippen LogP contribution in [0.3, 0.4) is 0 Å². The van der Waals surface area contributed by atoms with E-state index >= 15 is 0 Å². The first-order valence-corrected chi connectivity index (χ1v) is 7.61. The molecule has 1 fully saturated rings. The second-order valence-corrected chi connectivity index (χ2v) is 6.90. The lowest BCUT2D eigenvalue weighted by atomic mass is 9.86. The van der Waals surface area contributed by atoms with Gasteiger partial charge in [-0.1, -0.05) is 32.4 Å². The highest BCUT2D eigenvalue weighted by molar-refractivity contribution is 6.32. The Hall–Kier alpha value is -0.930. The van der Waals surface area contributed by atoms with Gasteiger partial charge in [-0.15, -0.1) is 0 Å². The largest absolute Gasteiger partial charge is 0.495 e. The molecule has 1 saturated heterocycles. The van der Waals surface area contributed by atoms with Gasteiger partial charge >= 0.3 is 0 Å². The molecule has 2 rings (SSSR count). The molecule has 0 spiro atoms. The van der Waals surface area contributed by atoms with Crippen molar-refractivity contribution < 1.29 is 4.74 Å². The van der Waals surface area contributed by atoms with E-state index in [1.165, 1.54) is 5.69 Å². The van der Waals surface area contributed by atoms with E-state index < -0.39 is 0 Å². The molecule has 20 heavy (non-hydrogen) atoms. The van der Waals surface area contributed by atoms with Crippen molar-refractivity contribution in [3.8, 4) is 5.75 Å². The molecule has 0 radical (unpaired) electrons. The van der Waals surface area contributed by atoms with E-state index in [-0.39, 0.29) is 5.41 Å². The molecular weight excluding hydrogens is 272 g/mol. The van der Waals surface area contributed by atoms with Crippen LogP contribution in [0, 0.1) is 5.41 Å². The van der Waals surface area contributed by atoms with Gasteiger partial charge in [-0.25, -0.2) is 0 Å². The van der Waals surface area contributed by atoms with Gasteiger partial charge in [0.1, 0.15) is 5.75 Å². The highest BCUT2D eigenvalue weighted by atomic mass is 35.5. The zero-order chi connectivity index (χ0) is 14.8. The summed E-state index contributed by atoms with van der Waals surface area (Å²) in [5.74, 6) is 0.732. The van der Waals surface area contributed by atoms with Gasteiger partial charge in [0.05, 0.1) is 12.1 Å². The first kappa shape index (κ1) is 15.5. The number of rotatable bonds is 2. The lowest BCUT2D eigenvalue weighted by Crippen LogP contribution is -2.46. The van der Waals surface area contributed by atoms with Crippen molar-refractivity contribution in [3.63, 3.8) is 0 Å². The molecule has 1 N–H and O–H groups in total. The van der Waals surface area contributed by atoms with Crippen molar-refractivity contribution in [2.45, 2.75) is 33.2 Å². The summed E-state index contributed by atoms with van der Waals surface area (Å²) in [6.07, 6.45) is 1.15. The summed E-state index contributed by atoms with van der Waals surface area (Å²) in [6.45, 7) is 10.00. The van der Waals surface area contributed by atoms with Crippen LogP contribution in [0.1, 0.15) is 27.2 Å². The molecule has 112 valence electrons. The molecule has 3 nitrogen and oxygen atoms in total. The standard InChI is InChI=1S/C16H25ClN2O/c1-16(2,3)15-11-19(9-5-8-18-15)12-6-7-14(20-4)13(17)10-12/h6-7,10,15,18H,5,8-9,11H2,1-4H3. The van der Waals surface area contributed by atoms with Crippen LogP contribution in [0.2, 0.25) is 5.02 Å². The Bertz CT molecular complexity index is 456. The summed E-state index contributed by atoms with van der Waals surface area (Å²) in [6, 6.07) is 6.52. The highest BCUT2D eigenvalue weighted by Gasteiger charge is 2.28. The van der Waals surface area contributed by atoms with Crippen molar-refractivity contribution in [1.82, 2.24) is 5.32 Å². The van der Waals surface area contributed by atoms with Gasteiger partial charge in [-0.2, -0.15) is 0 Å². The number of nitrogens with one attached hydrogen (secondary N) is 1. The van der Waals surface area contributed by atoms with Crippen LogP contribution in [0.4, 0.5) is 5.69 Å². The Morgan fingerprint density at radius 3 is 2.70 bits per heavy atom. The summed E-state index contributed by atoms with van der Waals surface area (Å²) in [5, 5.41) is 4.33. The van der Waals surface area contributed by atoms with Crippen LogP contribution in [0.15, 0.2) is 18.2 Å². The summed E-state index contributed by atoms with van der Waals surface area (Å²) < 4.78 is 5.22. The molecule has 0 bridgehead atoms. The molecule has 0 aromatic heterocycles. The topological polar surface area (TPSA) is 24.5 Å². The van der Waals surface area contributed by atoms with E-state index in [4.69, 9.17) is 16.3 Å². The second-order valence-electron chi connectivity index (χ2n) is 6.49. The van der Waals surface area contributed by atoms with E-state index in [0.29, 0.717) is 11.1 Å². The van der Waals surface area contributed by atoms with Crippen molar-refractivity contribution in [2.24, 2.45) is 5.41 Å². The highest BCUT2D eigenvalue weighted by Crippen LogP contribution is 2.31. The van der Waals surface area contributed by atoms with E-state index in [0.717, 1.165) is 31.8 Å². The van der Waals surface area contributed by atoms with Gasteiger partial charge in [-0.3, -0.25) is 0 Å². The normalized spacial score (nSPS) is 20.6. The number of ether oxygens (including phenoxy) is 1. The number of methoxy groups -OCH3 is 1. The lowest BCUT2D eigenvalue weighted by Gasteiger charge is -2.34. The average Bonchev–Trinajstić information content (AvgIpc) is 2.64. The van der Waals surface area contributed by atoms with E-state index in [1.807, 2.05) is 12.1 Å². The molecule has 1 aromatic carbocycles. The van der Waals surface area contributed by atoms with Crippen LogP contribution in [0.5, 0.6) is 5.75 Å². The molecule has 1 heterocycles. The molecular formula is C16H25ClN2O. The zero-order valence-electron chi connectivity index (χ0n) is 12.9. The third kappa shape index (κ3) is 3.58. The minimum atomic E-state index is 0.249. The fraction of sp³-hybridized carbons (Fsp3) is 0.625. The quantitative estimate of drug-likeness (QED) is 0.903. The first-order valence-electron chi connectivity index (χ1n) is 7.23. The molecule has 0 aliphatic carbocycles. The minimum Gasteiger partial charge on any atom is -0.495 e. The van der Waals surface area contributed by atoms with Crippen molar-refractivity contribution in [3.05, 3.63) is 23.2 Å². The van der Waals surface area contributed by atoms with Gasteiger partial charge in [0.15, 0.2) is 0 Å². The Morgan fingerprint density at radius 2 is 2.10 bits per heavy atom. The average molecular weight is 297 g/mol. The third-order valence-corrected chi connectivity index (χ3v) is 4.24. The number of hydrogen-bond acceptors (Lipinski definition) is 3. The Labute approximate surface area is 127 Å². The molecule has 0 saturated carbocycles. The maximum Gasteiger partial charge on any atom is 0.137 e. The minimum absolute atomic E-state index is 0.249. The summed E-state index contributed by atoms with van der Waals surface area (Å²) >= 11 is 6.25. The monoisotopic (exact) mass is 296 g/mol. The number of benzene rings is 1. The van der Waals surface area contributed by atoms with Crippen LogP contribution in [-0.2, 0) is 0 Å². The number of halogens is 1. The number of nitrogens with zero attached hydrogens (tertiary/aromatic N) is 1. The van der Waals surface area contributed by atoms with Crippen molar-refractivity contribution in [2.75, 3.05) is 31.6 Å². The maximum atomic E-state index is 6.25. The zero-order valence-corrected chi connectivity index (χ0v) is 13.6. The van der Waals surface area contributed by atoms with Crippen molar-refractivity contribution in [1.29, 1.82) is 0 Å². The summed E-state index contributed by atoms with van der Waals surface area (Å²) in [5.41, 5.74) is 1.42. The van der Waals surface area contributed by atoms with E-state index in [2.05, 4.69) is 37.1 Å². The van der Waals surface area contributed by atoms with E-state index in [1.54, 1.807) is 7.11 Å². The molecule has 4 heteroatoms. The number of hydrogen-bond donors (Lipinski definition) is 1.